The van der Waals surface area contributed by atoms with E-state index < -0.39 is 5.63 Å². The molecule has 4 rings (SSSR count). The molecule has 0 radical (unpaired) electrons. The van der Waals surface area contributed by atoms with Gasteiger partial charge in [0.05, 0.1) is 22.3 Å². The summed E-state index contributed by atoms with van der Waals surface area (Å²) in [4.78, 5) is 18.8. The number of aryl methyl sites for hydroxylation is 1. The van der Waals surface area contributed by atoms with Gasteiger partial charge in [0, 0.05) is 0 Å². The Labute approximate surface area is 149 Å². The Balaban J connectivity index is 1.96. The maximum Gasteiger partial charge on any atom is 0.348 e. The molecule has 0 atom stereocenters. The van der Waals surface area contributed by atoms with E-state index in [0.717, 1.165) is 16.9 Å². The number of para-hydroxylation sites is 1. The van der Waals surface area contributed by atoms with Crippen LogP contribution in [0.1, 0.15) is 5.56 Å². The lowest BCUT2D eigenvalue weighted by molar-refractivity contribution is 0.475. The highest BCUT2D eigenvalue weighted by Crippen LogP contribution is 2.33. The van der Waals surface area contributed by atoms with Crippen molar-refractivity contribution in [3.63, 3.8) is 0 Å². The van der Waals surface area contributed by atoms with Crippen LogP contribution in [0.3, 0.4) is 0 Å². The quantitative estimate of drug-likeness (QED) is 0.585. The molecule has 0 aliphatic carbocycles. The standard InChI is InChI=1S/C21H16N2O3/c1-14-7-12-18-19(13-14)22-21(26-20(18)25)23(15-5-3-2-4-6-15)16-8-10-17(24)11-9-16/h2-13,24H,1H3. The normalized spacial score (nSPS) is 10.8. The summed E-state index contributed by atoms with van der Waals surface area (Å²) in [5.41, 5.74) is 2.66. The fraction of sp³-hybridized carbons (Fsp3) is 0.0476. The molecule has 128 valence electrons. The van der Waals surface area contributed by atoms with Gasteiger partial charge in [-0.2, -0.15) is 4.98 Å². The van der Waals surface area contributed by atoms with Crippen molar-refractivity contribution in [2.24, 2.45) is 0 Å². The second kappa shape index (κ2) is 6.37. The highest BCUT2D eigenvalue weighted by atomic mass is 16.4. The van der Waals surface area contributed by atoms with E-state index in [2.05, 4.69) is 4.98 Å². The lowest BCUT2D eigenvalue weighted by Crippen LogP contribution is -2.15. The largest absolute Gasteiger partial charge is 0.508 e. The molecule has 0 aliphatic rings. The van der Waals surface area contributed by atoms with E-state index >= 15 is 0 Å². The van der Waals surface area contributed by atoms with Crippen molar-refractivity contribution in [2.75, 3.05) is 4.90 Å². The van der Waals surface area contributed by atoms with Crippen molar-refractivity contribution in [3.05, 3.63) is 88.8 Å². The molecule has 0 saturated heterocycles. The molecule has 0 aliphatic heterocycles. The van der Waals surface area contributed by atoms with Crippen LogP contribution in [0, 0.1) is 6.92 Å². The Morgan fingerprint density at radius 1 is 0.923 bits per heavy atom. The van der Waals surface area contributed by atoms with Gasteiger partial charge in [0.1, 0.15) is 5.75 Å². The molecule has 1 N–H and O–H groups in total. The molecule has 3 aromatic carbocycles. The number of phenols is 1. The van der Waals surface area contributed by atoms with Crippen LogP contribution < -0.4 is 10.5 Å². The number of aromatic hydroxyl groups is 1. The number of hydrogen-bond acceptors (Lipinski definition) is 5. The molecule has 0 fully saturated rings. The summed E-state index contributed by atoms with van der Waals surface area (Å²) in [5.74, 6) is 0.158. The van der Waals surface area contributed by atoms with Gasteiger partial charge in [0.15, 0.2) is 0 Å². The smallest absolute Gasteiger partial charge is 0.348 e. The summed E-state index contributed by atoms with van der Waals surface area (Å²) in [6.07, 6.45) is 0. The number of benzene rings is 3. The summed E-state index contributed by atoms with van der Waals surface area (Å²) in [5, 5.41) is 10.0. The number of nitrogens with zero attached hydrogens (tertiary/aromatic N) is 2. The number of fused-ring (bicyclic) bond motifs is 1. The Morgan fingerprint density at radius 3 is 2.35 bits per heavy atom. The second-order valence-electron chi connectivity index (χ2n) is 5.99. The average Bonchev–Trinajstić information content (AvgIpc) is 2.64. The minimum absolute atomic E-state index is 0.158. The summed E-state index contributed by atoms with van der Waals surface area (Å²) in [6.45, 7) is 1.95. The lowest BCUT2D eigenvalue weighted by Gasteiger charge is -2.22. The number of rotatable bonds is 3. The molecule has 4 aromatic rings. The third-order valence-electron chi connectivity index (χ3n) is 4.09. The van der Waals surface area contributed by atoms with Crippen LogP contribution in [0.4, 0.5) is 17.4 Å². The Morgan fingerprint density at radius 2 is 1.62 bits per heavy atom. The van der Waals surface area contributed by atoms with Gasteiger partial charge in [-0.05, 0) is 61.0 Å². The van der Waals surface area contributed by atoms with E-state index in [1.807, 2.05) is 49.4 Å². The molecular formula is C21H16N2O3. The van der Waals surface area contributed by atoms with Crippen molar-refractivity contribution in [1.29, 1.82) is 0 Å². The van der Waals surface area contributed by atoms with E-state index in [4.69, 9.17) is 4.42 Å². The topological polar surface area (TPSA) is 66.6 Å². The van der Waals surface area contributed by atoms with Gasteiger partial charge in [-0.15, -0.1) is 0 Å². The fourth-order valence-electron chi connectivity index (χ4n) is 2.81. The van der Waals surface area contributed by atoms with Crippen LogP contribution in [0.5, 0.6) is 5.75 Å². The van der Waals surface area contributed by atoms with Gasteiger partial charge in [-0.25, -0.2) is 4.79 Å². The number of aromatic nitrogens is 1. The first-order valence-corrected chi connectivity index (χ1v) is 8.17. The van der Waals surface area contributed by atoms with Crippen LogP contribution in [0.2, 0.25) is 0 Å². The molecule has 5 nitrogen and oxygen atoms in total. The third kappa shape index (κ3) is 2.91. The first-order chi connectivity index (χ1) is 12.6. The summed E-state index contributed by atoms with van der Waals surface area (Å²) < 4.78 is 5.53. The maximum atomic E-state index is 12.5. The number of anilines is 3. The maximum absolute atomic E-state index is 12.5. The third-order valence-corrected chi connectivity index (χ3v) is 4.09. The molecule has 26 heavy (non-hydrogen) atoms. The minimum Gasteiger partial charge on any atom is -0.508 e. The van der Waals surface area contributed by atoms with Gasteiger partial charge in [-0.3, -0.25) is 4.90 Å². The SMILES string of the molecule is Cc1ccc2c(=O)oc(N(c3ccccc3)c3ccc(O)cc3)nc2c1. The zero-order valence-electron chi connectivity index (χ0n) is 14.1. The van der Waals surface area contributed by atoms with Crippen molar-refractivity contribution in [2.45, 2.75) is 6.92 Å². The van der Waals surface area contributed by atoms with Crippen molar-refractivity contribution in [1.82, 2.24) is 4.98 Å². The first kappa shape index (κ1) is 15.9. The van der Waals surface area contributed by atoms with E-state index in [1.54, 1.807) is 35.2 Å². The summed E-state index contributed by atoms with van der Waals surface area (Å²) in [6, 6.07) is 21.7. The second-order valence-corrected chi connectivity index (χ2v) is 5.99. The summed E-state index contributed by atoms with van der Waals surface area (Å²) >= 11 is 0. The molecule has 5 heteroatoms. The lowest BCUT2D eigenvalue weighted by atomic mass is 10.2. The van der Waals surface area contributed by atoms with Crippen LogP contribution in [0.25, 0.3) is 10.9 Å². The zero-order valence-corrected chi connectivity index (χ0v) is 14.1. The Hall–Kier alpha value is -3.60. The highest BCUT2D eigenvalue weighted by molar-refractivity contribution is 5.80. The number of hydrogen-bond donors (Lipinski definition) is 1. The zero-order chi connectivity index (χ0) is 18.1. The van der Waals surface area contributed by atoms with E-state index in [-0.39, 0.29) is 11.8 Å². The van der Waals surface area contributed by atoms with Gasteiger partial charge < -0.3 is 9.52 Å². The van der Waals surface area contributed by atoms with E-state index in [9.17, 15) is 9.90 Å². The molecule has 0 unspecified atom stereocenters. The van der Waals surface area contributed by atoms with Gasteiger partial charge in [0.25, 0.3) is 0 Å². The van der Waals surface area contributed by atoms with E-state index in [0.29, 0.717) is 10.9 Å². The molecule has 0 bridgehead atoms. The average molecular weight is 344 g/mol. The monoisotopic (exact) mass is 344 g/mol. The van der Waals surface area contributed by atoms with Crippen LogP contribution >= 0.6 is 0 Å². The molecule has 0 amide bonds. The molecule has 1 heterocycles. The molecule has 0 saturated carbocycles. The molecule has 1 aromatic heterocycles. The van der Waals surface area contributed by atoms with Crippen LogP contribution in [0.15, 0.2) is 82.0 Å². The molecule has 0 spiro atoms. The van der Waals surface area contributed by atoms with E-state index in [1.165, 1.54) is 0 Å². The van der Waals surface area contributed by atoms with Gasteiger partial charge >= 0.3 is 11.6 Å². The van der Waals surface area contributed by atoms with Crippen LogP contribution in [-0.4, -0.2) is 10.1 Å². The predicted octanol–water partition coefficient (Wildman–Crippen LogP) is 4.67. The number of phenolic OH excluding ortho intramolecular Hbond substituents is 1. The van der Waals surface area contributed by atoms with Gasteiger partial charge in [0.2, 0.25) is 0 Å². The molecular weight excluding hydrogens is 328 g/mol. The minimum atomic E-state index is -0.440. The fourth-order valence-corrected chi connectivity index (χ4v) is 2.81. The van der Waals surface area contributed by atoms with Crippen molar-refractivity contribution < 1.29 is 9.52 Å². The highest BCUT2D eigenvalue weighted by Gasteiger charge is 2.18. The predicted molar refractivity (Wildman–Crippen MR) is 101 cm³/mol. The first-order valence-electron chi connectivity index (χ1n) is 8.17. The van der Waals surface area contributed by atoms with Crippen molar-refractivity contribution in [3.8, 4) is 5.75 Å². The van der Waals surface area contributed by atoms with Crippen molar-refractivity contribution >= 4 is 28.3 Å². The van der Waals surface area contributed by atoms with Gasteiger partial charge in [-0.1, -0.05) is 24.3 Å². The van der Waals surface area contributed by atoms with Crippen LogP contribution in [-0.2, 0) is 0 Å². The Bertz CT molecular complexity index is 1120. The summed E-state index contributed by atoms with van der Waals surface area (Å²) in [7, 11) is 0. The Kier molecular flexibility index (Phi) is 3.89.